The summed E-state index contributed by atoms with van der Waals surface area (Å²) in [5.74, 6) is -0.937. The van der Waals surface area contributed by atoms with Gasteiger partial charge in [-0.05, 0) is 18.4 Å². The van der Waals surface area contributed by atoms with Gasteiger partial charge in [0, 0.05) is 18.0 Å². The van der Waals surface area contributed by atoms with Gasteiger partial charge in [0.05, 0.1) is 0 Å². The van der Waals surface area contributed by atoms with Crippen LogP contribution in [0.25, 0.3) is 0 Å². The lowest BCUT2D eigenvalue weighted by Gasteiger charge is -2.27. The molecule has 0 aliphatic rings. The van der Waals surface area contributed by atoms with Crippen LogP contribution in [0.4, 0.5) is 9.59 Å². The fourth-order valence-electron chi connectivity index (χ4n) is 2.57. The van der Waals surface area contributed by atoms with Crippen molar-refractivity contribution in [2.45, 2.75) is 52.6 Å². The molecule has 0 unspecified atom stereocenters. The molecule has 0 heterocycles. The van der Waals surface area contributed by atoms with Gasteiger partial charge in [-0.25, -0.2) is 14.5 Å². The maximum atomic E-state index is 12.9. The number of carbonyl (C=O) groups is 3. The predicted octanol–water partition coefficient (Wildman–Crippen LogP) is 3.84. The first-order valence-corrected chi connectivity index (χ1v) is 9.85. The van der Waals surface area contributed by atoms with Gasteiger partial charge in [0.2, 0.25) is 0 Å². The highest BCUT2D eigenvalue weighted by atomic mass is 16.6. The highest BCUT2D eigenvalue weighted by Crippen LogP contribution is 2.10. The van der Waals surface area contributed by atoms with Crippen LogP contribution in [0.2, 0.25) is 0 Å². The van der Waals surface area contributed by atoms with E-state index >= 15 is 0 Å². The second kappa shape index (κ2) is 13.2. The molecule has 0 fully saturated rings. The molecule has 1 rings (SSSR count). The number of imide groups is 2. The third-order valence-electron chi connectivity index (χ3n) is 4.17. The van der Waals surface area contributed by atoms with Crippen molar-refractivity contribution in [3.05, 3.63) is 46.0 Å². The van der Waals surface area contributed by atoms with Gasteiger partial charge >= 0.3 is 18.0 Å². The van der Waals surface area contributed by atoms with E-state index < -0.39 is 29.5 Å². The number of nitro groups is 1. The molecule has 0 aromatic heterocycles. The van der Waals surface area contributed by atoms with Crippen LogP contribution < -0.4 is 0 Å². The highest BCUT2D eigenvalue weighted by Gasteiger charge is 2.32. The highest BCUT2D eigenvalue weighted by molar-refractivity contribution is 6.00. The molecule has 0 radical (unpaired) electrons. The van der Waals surface area contributed by atoms with E-state index in [9.17, 15) is 24.5 Å². The normalized spacial score (nSPS) is 10.3. The summed E-state index contributed by atoms with van der Waals surface area (Å²) in [4.78, 5) is 49.3. The first-order chi connectivity index (χ1) is 13.9. The largest absolute Gasteiger partial charge is 0.444 e. The number of rotatable bonds is 11. The topological polar surface area (TPSA) is 110 Å². The summed E-state index contributed by atoms with van der Waals surface area (Å²) in [6, 6.07) is 8.12. The first kappa shape index (κ1) is 24.1. The van der Waals surface area contributed by atoms with Crippen LogP contribution in [-0.2, 0) is 16.1 Å². The minimum atomic E-state index is -1.00. The van der Waals surface area contributed by atoms with Crippen molar-refractivity contribution in [3.8, 4) is 0 Å². The van der Waals surface area contributed by atoms with Crippen LogP contribution in [0.5, 0.6) is 0 Å². The Hall–Kier alpha value is -2.97. The van der Waals surface area contributed by atoms with Crippen molar-refractivity contribution < 1.29 is 24.0 Å². The van der Waals surface area contributed by atoms with E-state index in [0.29, 0.717) is 19.3 Å². The van der Waals surface area contributed by atoms with Crippen molar-refractivity contribution in [1.29, 1.82) is 0 Å². The average Bonchev–Trinajstić information content (AvgIpc) is 2.70. The number of ether oxygens (including phenoxy) is 1. The van der Waals surface area contributed by atoms with Crippen molar-refractivity contribution >= 4 is 18.0 Å². The quantitative estimate of drug-likeness (QED) is 0.313. The Kier molecular flexibility index (Phi) is 11.0. The summed E-state index contributed by atoms with van der Waals surface area (Å²) < 4.78 is 5.24. The minimum Gasteiger partial charge on any atom is -0.444 e. The van der Waals surface area contributed by atoms with Crippen LogP contribution in [0, 0.1) is 10.1 Å². The van der Waals surface area contributed by atoms with Crippen molar-refractivity contribution in [2.75, 3.05) is 19.6 Å². The Labute approximate surface area is 170 Å². The molecule has 0 saturated heterocycles. The SMILES string of the molecule is CCCCCN(C(=O)C[N+](=O)[O-])C(=O)N(CCCC)C(=O)OCc1ccccc1. The van der Waals surface area contributed by atoms with E-state index in [0.717, 1.165) is 28.2 Å². The second-order valence-electron chi connectivity index (χ2n) is 6.57. The number of benzene rings is 1. The van der Waals surface area contributed by atoms with Gasteiger partial charge in [0.15, 0.2) is 0 Å². The standard InChI is InChI=1S/C20H29N3O6/c1-3-5-10-14-21(18(24)15-23(27)28)19(25)22(13-6-4-2)20(26)29-16-17-11-8-7-9-12-17/h7-9,11-12H,3-6,10,13-16H2,1-2H3. The molecule has 1 aromatic rings. The Bertz CT molecular complexity index is 680. The van der Waals surface area contributed by atoms with Gasteiger partial charge in [-0.3, -0.25) is 19.8 Å². The molecule has 0 spiro atoms. The van der Waals surface area contributed by atoms with E-state index in [1.807, 2.05) is 19.9 Å². The third-order valence-corrected chi connectivity index (χ3v) is 4.17. The molecule has 0 saturated carbocycles. The Morgan fingerprint density at radius 2 is 1.59 bits per heavy atom. The monoisotopic (exact) mass is 407 g/mol. The zero-order valence-electron chi connectivity index (χ0n) is 17.0. The third kappa shape index (κ3) is 8.71. The zero-order chi connectivity index (χ0) is 21.6. The van der Waals surface area contributed by atoms with E-state index in [-0.39, 0.29) is 19.7 Å². The molecule has 0 N–H and O–H groups in total. The number of hydrogen-bond donors (Lipinski definition) is 0. The van der Waals surface area contributed by atoms with Crippen LogP contribution in [0.15, 0.2) is 30.3 Å². The molecule has 1 aromatic carbocycles. The average molecular weight is 407 g/mol. The number of unbranched alkanes of at least 4 members (excludes halogenated alkanes) is 3. The van der Waals surface area contributed by atoms with E-state index in [4.69, 9.17) is 4.74 Å². The molecule has 4 amide bonds. The maximum Gasteiger partial charge on any atom is 0.418 e. The molecule has 0 aliphatic heterocycles. The number of nitrogens with zero attached hydrogens (tertiary/aromatic N) is 3. The Morgan fingerprint density at radius 1 is 0.966 bits per heavy atom. The van der Waals surface area contributed by atoms with Crippen LogP contribution in [-0.4, -0.2) is 52.4 Å². The van der Waals surface area contributed by atoms with Crippen LogP contribution in [0.3, 0.4) is 0 Å². The Balaban J connectivity index is 2.92. The summed E-state index contributed by atoms with van der Waals surface area (Å²) in [7, 11) is 0. The van der Waals surface area contributed by atoms with Crippen LogP contribution >= 0.6 is 0 Å². The van der Waals surface area contributed by atoms with Crippen molar-refractivity contribution in [1.82, 2.24) is 9.80 Å². The maximum absolute atomic E-state index is 12.9. The fraction of sp³-hybridized carbons (Fsp3) is 0.550. The zero-order valence-corrected chi connectivity index (χ0v) is 17.0. The number of carbonyl (C=O) groups excluding carboxylic acids is 3. The molecule has 0 aliphatic carbocycles. The van der Waals surface area contributed by atoms with Gasteiger partial charge < -0.3 is 4.74 Å². The second-order valence-corrected chi connectivity index (χ2v) is 6.57. The molecule has 9 heteroatoms. The lowest BCUT2D eigenvalue weighted by molar-refractivity contribution is -0.468. The summed E-state index contributed by atoms with van der Waals surface area (Å²) in [6.45, 7) is 2.92. The summed E-state index contributed by atoms with van der Waals surface area (Å²) in [5, 5.41) is 10.7. The molecule has 9 nitrogen and oxygen atoms in total. The Morgan fingerprint density at radius 3 is 2.17 bits per heavy atom. The molecule has 29 heavy (non-hydrogen) atoms. The van der Waals surface area contributed by atoms with Crippen LogP contribution in [0.1, 0.15) is 51.5 Å². The molecule has 160 valence electrons. The van der Waals surface area contributed by atoms with E-state index in [1.54, 1.807) is 24.3 Å². The molecule has 0 bridgehead atoms. The van der Waals surface area contributed by atoms with Gasteiger partial charge in [0.25, 0.3) is 6.54 Å². The first-order valence-electron chi connectivity index (χ1n) is 9.85. The smallest absolute Gasteiger partial charge is 0.418 e. The van der Waals surface area contributed by atoms with E-state index in [1.165, 1.54) is 0 Å². The number of urea groups is 1. The van der Waals surface area contributed by atoms with E-state index in [2.05, 4.69) is 0 Å². The lowest BCUT2D eigenvalue weighted by atomic mass is 10.2. The molecular weight excluding hydrogens is 378 g/mol. The molecular formula is C20H29N3O6. The summed E-state index contributed by atoms with van der Waals surface area (Å²) in [6.07, 6.45) is 2.48. The van der Waals surface area contributed by atoms with Crippen molar-refractivity contribution in [3.63, 3.8) is 0 Å². The van der Waals surface area contributed by atoms with Gasteiger partial charge in [-0.1, -0.05) is 63.4 Å². The minimum absolute atomic E-state index is 0.0196. The predicted molar refractivity (Wildman–Crippen MR) is 107 cm³/mol. The summed E-state index contributed by atoms with van der Waals surface area (Å²) in [5.41, 5.74) is 0.757. The summed E-state index contributed by atoms with van der Waals surface area (Å²) >= 11 is 0. The number of hydrogen-bond acceptors (Lipinski definition) is 6. The molecule has 0 atom stereocenters. The van der Waals surface area contributed by atoms with Gasteiger partial charge in [0.1, 0.15) is 6.61 Å². The van der Waals surface area contributed by atoms with Crippen molar-refractivity contribution in [2.24, 2.45) is 0 Å². The lowest BCUT2D eigenvalue weighted by Crippen LogP contribution is -2.51. The van der Waals surface area contributed by atoms with Gasteiger partial charge in [-0.2, -0.15) is 0 Å². The number of amides is 4. The fourth-order valence-corrected chi connectivity index (χ4v) is 2.57. The van der Waals surface area contributed by atoms with Gasteiger partial charge in [-0.15, -0.1) is 0 Å².